The zero-order valence-electron chi connectivity index (χ0n) is 13.3. The Balaban J connectivity index is 2.04. The molecular weight excluding hydrogens is 268 g/mol. The van der Waals surface area contributed by atoms with E-state index in [0.29, 0.717) is 5.78 Å². The minimum absolute atomic E-state index is 0.0593. The molecule has 1 saturated carbocycles. The van der Waals surface area contributed by atoms with Gasteiger partial charge in [-0.1, -0.05) is 65.7 Å². The van der Waals surface area contributed by atoms with Crippen LogP contribution in [0.4, 0.5) is 0 Å². The van der Waals surface area contributed by atoms with Crippen molar-refractivity contribution in [2.24, 2.45) is 5.92 Å². The molecular formula is C21H22O. The molecule has 22 heavy (non-hydrogen) atoms. The lowest BCUT2D eigenvalue weighted by atomic mass is 9.88. The molecule has 0 unspecified atom stereocenters. The largest absolute Gasteiger partial charge is 0.299 e. The summed E-state index contributed by atoms with van der Waals surface area (Å²) in [5.74, 6) is 0.447. The molecule has 1 fully saturated rings. The van der Waals surface area contributed by atoms with Gasteiger partial charge in [0.1, 0.15) is 5.78 Å². The Labute approximate surface area is 132 Å². The monoisotopic (exact) mass is 290 g/mol. The van der Waals surface area contributed by atoms with Crippen molar-refractivity contribution in [3.8, 4) is 0 Å². The second-order valence-electron chi connectivity index (χ2n) is 6.29. The number of ketones is 1. The number of carbonyl (C=O) groups is 1. The fourth-order valence-electron chi connectivity index (χ4n) is 3.12. The van der Waals surface area contributed by atoms with Crippen molar-refractivity contribution in [1.29, 1.82) is 0 Å². The zero-order chi connectivity index (χ0) is 15.5. The summed E-state index contributed by atoms with van der Waals surface area (Å²) in [6.07, 6.45) is 4.91. The standard InChI is InChI=1S/C21H22O/c1-15-6-10-17(11-7-15)14-20(19-4-3-5-21(19)22)18-12-8-16(2)9-13-18/h6-14,19H,3-5H2,1-2H3/b20-14+/t19-/m0/s1. The Morgan fingerprint density at radius 1 is 0.955 bits per heavy atom. The van der Waals surface area contributed by atoms with Gasteiger partial charge in [0.25, 0.3) is 0 Å². The second-order valence-corrected chi connectivity index (χ2v) is 6.29. The van der Waals surface area contributed by atoms with Gasteiger partial charge >= 0.3 is 0 Å². The maximum Gasteiger partial charge on any atom is 0.140 e. The van der Waals surface area contributed by atoms with Crippen molar-refractivity contribution in [2.45, 2.75) is 33.1 Å². The zero-order valence-corrected chi connectivity index (χ0v) is 13.3. The van der Waals surface area contributed by atoms with Gasteiger partial charge in [0.2, 0.25) is 0 Å². The van der Waals surface area contributed by atoms with Gasteiger partial charge in [-0.3, -0.25) is 4.79 Å². The fraction of sp³-hybridized carbons (Fsp3) is 0.286. The van der Waals surface area contributed by atoms with Crippen molar-refractivity contribution < 1.29 is 4.79 Å². The van der Waals surface area contributed by atoms with Crippen LogP contribution in [0.2, 0.25) is 0 Å². The summed E-state index contributed by atoms with van der Waals surface area (Å²) in [6, 6.07) is 17.0. The van der Waals surface area contributed by atoms with Gasteiger partial charge in [-0.25, -0.2) is 0 Å². The lowest BCUT2D eigenvalue weighted by molar-refractivity contribution is -0.119. The highest BCUT2D eigenvalue weighted by Crippen LogP contribution is 2.35. The average molecular weight is 290 g/mol. The van der Waals surface area contributed by atoms with E-state index in [9.17, 15) is 4.79 Å². The predicted molar refractivity (Wildman–Crippen MR) is 92.6 cm³/mol. The second kappa shape index (κ2) is 6.31. The highest BCUT2D eigenvalue weighted by molar-refractivity contribution is 5.99. The number of hydrogen-bond acceptors (Lipinski definition) is 1. The molecule has 0 N–H and O–H groups in total. The molecule has 1 aliphatic carbocycles. The van der Waals surface area contributed by atoms with Gasteiger partial charge in [-0.15, -0.1) is 0 Å². The molecule has 0 aromatic heterocycles. The number of rotatable bonds is 3. The van der Waals surface area contributed by atoms with E-state index in [1.54, 1.807) is 0 Å². The lowest BCUT2D eigenvalue weighted by Gasteiger charge is -2.15. The maximum absolute atomic E-state index is 12.3. The molecule has 0 radical (unpaired) electrons. The molecule has 112 valence electrons. The summed E-state index contributed by atoms with van der Waals surface area (Å²) in [6.45, 7) is 4.18. The van der Waals surface area contributed by atoms with Crippen LogP contribution in [-0.2, 0) is 4.79 Å². The third-order valence-electron chi connectivity index (χ3n) is 4.46. The first-order chi connectivity index (χ1) is 10.6. The van der Waals surface area contributed by atoms with Gasteiger partial charge in [0.05, 0.1) is 0 Å². The van der Waals surface area contributed by atoms with Crippen LogP contribution in [0.5, 0.6) is 0 Å². The van der Waals surface area contributed by atoms with Gasteiger partial charge in [-0.05, 0) is 43.4 Å². The van der Waals surface area contributed by atoms with E-state index in [4.69, 9.17) is 0 Å². The molecule has 0 aliphatic heterocycles. The van der Waals surface area contributed by atoms with Crippen molar-refractivity contribution >= 4 is 17.4 Å². The van der Waals surface area contributed by atoms with E-state index < -0.39 is 0 Å². The molecule has 2 aromatic rings. The number of hydrogen-bond donors (Lipinski definition) is 0. The van der Waals surface area contributed by atoms with E-state index in [1.165, 1.54) is 27.8 Å². The SMILES string of the molecule is Cc1ccc(/C=C(\c2ccc(C)cc2)[C@@H]2CCCC2=O)cc1. The van der Waals surface area contributed by atoms with Crippen molar-refractivity contribution in [1.82, 2.24) is 0 Å². The van der Waals surface area contributed by atoms with E-state index >= 15 is 0 Å². The summed E-state index contributed by atoms with van der Waals surface area (Å²) < 4.78 is 0. The van der Waals surface area contributed by atoms with E-state index in [-0.39, 0.29) is 5.92 Å². The highest BCUT2D eigenvalue weighted by atomic mass is 16.1. The third kappa shape index (κ3) is 3.19. The van der Waals surface area contributed by atoms with Crippen LogP contribution in [0.15, 0.2) is 48.5 Å². The summed E-state index contributed by atoms with van der Waals surface area (Å²) in [4.78, 5) is 12.3. The molecule has 0 heterocycles. The van der Waals surface area contributed by atoms with Crippen molar-refractivity contribution in [3.05, 3.63) is 70.8 Å². The maximum atomic E-state index is 12.3. The molecule has 0 saturated heterocycles. The summed E-state index contributed by atoms with van der Waals surface area (Å²) in [7, 11) is 0. The van der Waals surface area contributed by atoms with Gasteiger partial charge in [0, 0.05) is 12.3 Å². The molecule has 1 heteroatoms. The summed E-state index contributed by atoms with van der Waals surface area (Å²) in [5.41, 5.74) is 6.01. The van der Waals surface area contributed by atoms with Crippen LogP contribution < -0.4 is 0 Å². The predicted octanol–water partition coefficient (Wildman–Crippen LogP) is 5.21. The van der Waals surface area contributed by atoms with Gasteiger partial charge in [-0.2, -0.15) is 0 Å². The molecule has 0 spiro atoms. The lowest BCUT2D eigenvalue weighted by Crippen LogP contribution is -2.08. The number of carbonyl (C=O) groups excluding carboxylic acids is 1. The molecule has 1 aliphatic rings. The number of Topliss-reactive ketones (excluding diaryl/α,β-unsaturated/α-hetero) is 1. The van der Waals surface area contributed by atoms with Crippen LogP contribution in [-0.4, -0.2) is 5.78 Å². The Kier molecular flexibility index (Phi) is 4.24. The number of allylic oxidation sites excluding steroid dienone is 1. The molecule has 1 atom stereocenters. The van der Waals surface area contributed by atoms with E-state index in [1.807, 2.05) is 0 Å². The third-order valence-corrected chi connectivity index (χ3v) is 4.46. The smallest absolute Gasteiger partial charge is 0.140 e. The van der Waals surface area contributed by atoms with E-state index in [0.717, 1.165) is 19.3 Å². The molecule has 0 bridgehead atoms. The first-order valence-electron chi connectivity index (χ1n) is 8.01. The Bertz CT molecular complexity index is 690. The molecule has 0 amide bonds. The summed E-state index contributed by atoms with van der Waals surface area (Å²) in [5, 5.41) is 0. The van der Waals surface area contributed by atoms with Crippen LogP contribution in [0.3, 0.4) is 0 Å². The quantitative estimate of drug-likeness (QED) is 0.709. The topological polar surface area (TPSA) is 17.1 Å². The Morgan fingerprint density at radius 2 is 1.55 bits per heavy atom. The van der Waals surface area contributed by atoms with Crippen molar-refractivity contribution in [3.63, 3.8) is 0 Å². The normalized spacial score (nSPS) is 18.7. The van der Waals surface area contributed by atoms with Gasteiger partial charge in [0.15, 0.2) is 0 Å². The van der Waals surface area contributed by atoms with Crippen LogP contribution in [0.1, 0.15) is 41.5 Å². The Hall–Kier alpha value is -2.15. The van der Waals surface area contributed by atoms with Crippen LogP contribution >= 0.6 is 0 Å². The average Bonchev–Trinajstić information content (AvgIpc) is 2.94. The first kappa shape index (κ1) is 14.8. The molecule has 3 rings (SSSR count). The minimum Gasteiger partial charge on any atom is -0.299 e. The molecule has 2 aromatic carbocycles. The van der Waals surface area contributed by atoms with Gasteiger partial charge < -0.3 is 0 Å². The minimum atomic E-state index is 0.0593. The number of benzene rings is 2. The molecule has 1 nitrogen and oxygen atoms in total. The fourth-order valence-corrected chi connectivity index (χ4v) is 3.12. The van der Waals surface area contributed by atoms with Crippen molar-refractivity contribution in [2.75, 3.05) is 0 Å². The number of aryl methyl sites for hydroxylation is 2. The van der Waals surface area contributed by atoms with Crippen LogP contribution in [0.25, 0.3) is 11.6 Å². The highest BCUT2D eigenvalue weighted by Gasteiger charge is 2.28. The first-order valence-corrected chi connectivity index (χ1v) is 8.01. The summed E-state index contributed by atoms with van der Waals surface area (Å²) >= 11 is 0. The van der Waals surface area contributed by atoms with Crippen LogP contribution in [0, 0.1) is 19.8 Å². The van der Waals surface area contributed by atoms with E-state index in [2.05, 4.69) is 68.5 Å². The Morgan fingerprint density at radius 3 is 2.09 bits per heavy atom.